The number of nitrogen functional groups attached to an aromatic ring is 1. The first-order chi connectivity index (χ1) is 6.81. The van der Waals surface area contributed by atoms with E-state index >= 15 is 0 Å². The summed E-state index contributed by atoms with van der Waals surface area (Å²) in [6, 6.07) is 2.63. The Morgan fingerprint density at radius 3 is 3.00 bits per heavy atom. The quantitative estimate of drug-likeness (QED) is 0.802. The summed E-state index contributed by atoms with van der Waals surface area (Å²) >= 11 is 1.47. The molecule has 0 bridgehead atoms. The van der Waals surface area contributed by atoms with Crippen molar-refractivity contribution in [3.05, 3.63) is 6.07 Å². The molecular weight excluding hydrogens is 198 g/mol. The number of rotatable bonds is 5. The molecule has 78 valence electrons. The summed E-state index contributed by atoms with van der Waals surface area (Å²) in [5, 5.41) is 1.17. The second-order valence-corrected chi connectivity index (χ2v) is 4.29. The molecule has 1 heterocycles. The first-order valence-electron chi connectivity index (χ1n) is 4.79. The smallest absolute Gasteiger partial charge is 0.139 e. The maximum Gasteiger partial charge on any atom is 0.139 e. The van der Waals surface area contributed by atoms with Gasteiger partial charge in [-0.3, -0.25) is 0 Å². The number of methoxy groups -OCH3 is 1. The van der Waals surface area contributed by atoms with Crippen LogP contribution in [-0.4, -0.2) is 30.7 Å². The Labute approximate surface area is 87.8 Å². The van der Waals surface area contributed by atoms with Crippen LogP contribution < -0.4 is 10.6 Å². The van der Waals surface area contributed by atoms with Gasteiger partial charge in [0.15, 0.2) is 0 Å². The van der Waals surface area contributed by atoms with Crippen molar-refractivity contribution in [2.45, 2.75) is 18.9 Å². The topological polar surface area (TPSA) is 51.4 Å². The first-order valence-corrected chi connectivity index (χ1v) is 5.56. The molecule has 0 saturated heterocycles. The second-order valence-electron chi connectivity index (χ2n) is 3.51. The molecule has 2 rings (SSSR count). The average molecular weight is 213 g/mol. The van der Waals surface area contributed by atoms with Crippen molar-refractivity contribution in [2.75, 3.05) is 30.9 Å². The van der Waals surface area contributed by atoms with Crippen LogP contribution in [0.25, 0.3) is 0 Å². The number of hydrogen-bond acceptors (Lipinski definition) is 5. The Bertz CT molecular complexity index is 298. The lowest BCUT2D eigenvalue weighted by Crippen LogP contribution is -2.28. The van der Waals surface area contributed by atoms with Crippen molar-refractivity contribution in [2.24, 2.45) is 0 Å². The molecule has 1 aromatic rings. The number of nitrogens with zero attached hydrogens (tertiary/aromatic N) is 2. The van der Waals surface area contributed by atoms with Crippen molar-refractivity contribution in [1.29, 1.82) is 0 Å². The molecule has 1 saturated carbocycles. The highest BCUT2D eigenvalue weighted by Gasteiger charge is 2.29. The van der Waals surface area contributed by atoms with Crippen molar-refractivity contribution in [3.8, 4) is 0 Å². The number of hydrogen-bond donors (Lipinski definition) is 1. The highest BCUT2D eigenvalue weighted by molar-refractivity contribution is 7.10. The van der Waals surface area contributed by atoms with E-state index in [1.165, 1.54) is 29.4 Å². The van der Waals surface area contributed by atoms with Gasteiger partial charge in [-0.2, -0.15) is 4.37 Å². The largest absolute Gasteiger partial charge is 0.383 e. The van der Waals surface area contributed by atoms with Gasteiger partial charge in [0.05, 0.1) is 6.61 Å². The molecule has 0 spiro atoms. The maximum absolute atomic E-state index is 5.61. The van der Waals surface area contributed by atoms with Gasteiger partial charge in [-0.05, 0) is 24.4 Å². The molecule has 0 atom stereocenters. The van der Waals surface area contributed by atoms with Gasteiger partial charge >= 0.3 is 0 Å². The Balaban J connectivity index is 2.02. The SMILES string of the molecule is COCCN(c1cc(N)ns1)C1CC1. The summed E-state index contributed by atoms with van der Waals surface area (Å²) in [6.07, 6.45) is 2.56. The molecule has 0 aliphatic heterocycles. The normalized spacial score (nSPS) is 15.8. The minimum atomic E-state index is 0.619. The third-order valence-electron chi connectivity index (χ3n) is 2.32. The Morgan fingerprint density at radius 2 is 2.50 bits per heavy atom. The van der Waals surface area contributed by atoms with Gasteiger partial charge in [0.2, 0.25) is 0 Å². The van der Waals surface area contributed by atoms with Crippen LogP contribution in [0.1, 0.15) is 12.8 Å². The lowest BCUT2D eigenvalue weighted by atomic mass is 10.4. The molecule has 14 heavy (non-hydrogen) atoms. The molecule has 0 aromatic carbocycles. The van der Waals surface area contributed by atoms with Gasteiger partial charge in [-0.1, -0.05) is 0 Å². The standard InChI is InChI=1S/C9H15N3OS/c1-13-5-4-12(7-2-3-7)9-6-8(10)11-14-9/h6-7H,2-5H2,1H3,(H2,10,11). The fraction of sp³-hybridized carbons (Fsp3) is 0.667. The van der Waals surface area contributed by atoms with E-state index in [0.717, 1.165) is 13.2 Å². The highest BCUT2D eigenvalue weighted by atomic mass is 32.1. The van der Waals surface area contributed by atoms with Crippen molar-refractivity contribution in [3.63, 3.8) is 0 Å². The van der Waals surface area contributed by atoms with Gasteiger partial charge in [-0.15, -0.1) is 0 Å². The Kier molecular flexibility index (Phi) is 2.88. The van der Waals surface area contributed by atoms with Crippen LogP contribution in [0.2, 0.25) is 0 Å². The molecule has 4 nitrogen and oxygen atoms in total. The second kappa shape index (κ2) is 4.14. The predicted octanol–water partition coefficient (Wildman–Crippen LogP) is 1.34. The van der Waals surface area contributed by atoms with Crippen LogP contribution in [0.5, 0.6) is 0 Å². The van der Waals surface area contributed by atoms with E-state index < -0.39 is 0 Å². The molecule has 1 aliphatic rings. The fourth-order valence-electron chi connectivity index (χ4n) is 1.46. The van der Waals surface area contributed by atoms with Gasteiger partial charge < -0.3 is 15.4 Å². The lowest BCUT2D eigenvalue weighted by molar-refractivity contribution is 0.205. The maximum atomic E-state index is 5.61. The van der Waals surface area contributed by atoms with E-state index in [4.69, 9.17) is 10.5 Å². The van der Waals surface area contributed by atoms with E-state index in [1.807, 2.05) is 6.07 Å². The molecule has 0 amide bonds. The van der Waals surface area contributed by atoms with Crippen LogP contribution in [0.3, 0.4) is 0 Å². The predicted molar refractivity (Wildman–Crippen MR) is 58.8 cm³/mol. The number of aromatic nitrogens is 1. The average Bonchev–Trinajstić information content (AvgIpc) is 2.91. The van der Waals surface area contributed by atoms with Crippen LogP contribution in [0, 0.1) is 0 Å². The van der Waals surface area contributed by atoms with Gasteiger partial charge in [0.1, 0.15) is 10.8 Å². The number of ether oxygens (including phenoxy) is 1. The van der Waals surface area contributed by atoms with E-state index in [1.54, 1.807) is 7.11 Å². The van der Waals surface area contributed by atoms with E-state index in [-0.39, 0.29) is 0 Å². The van der Waals surface area contributed by atoms with E-state index in [0.29, 0.717) is 11.9 Å². The van der Waals surface area contributed by atoms with Gasteiger partial charge in [-0.25, -0.2) is 0 Å². The van der Waals surface area contributed by atoms with E-state index in [9.17, 15) is 0 Å². The molecule has 0 unspecified atom stereocenters. The third kappa shape index (κ3) is 2.16. The highest BCUT2D eigenvalue weighted by Crippen LogP contribution is 2.34. The fourth-order valence-corrected chi connectivity index (χ4v) is 2.23. The number of nitrogens with two attached hydrogens (primary N) is 1. The van der Waals surface area contributed by atoms with E-state index in [2.05, 4.69) is 9.27 Å². The molecule has 5 heteroatoms. The Hall–Kier alpha value is -0.810. The molecular formula is C9H15N3OS. The summed E-state index contributed by atoms with van der Waals surface area (Å²) < 4.78 is 9.18. The van der Waals surface area contributed by atoms with Gasteiger partial charge in [0.25, 0.3) is 0 Å². The minimum Gasteiger partial charge on any atom is -0.383 e. The molecule has 1 aliphatic carbocycles. The van der Waals surface area contributed by atoms with Crippen LogP contribution in [0.15, 0.2) is 6.07 Å². The number of anilines is 2. The zero-order chi connectivity index (χ0) is 9.97. The Morgan fingerprint density at radius 1 is 1.71 bits per heavy atom. The molecule has 2 N–H and O–H groups in total. The summed E-state index contributed by atoms with van der Waals surface area (Å²) in [6.45, 7) is 1.69. The third-order valence-corrected chi connectivity index (χ3v) is 3.16. The minimum absolute atomic E-state index is 0.619. The van der Waals surface area contributed by atoms with Crippen molar-refractivity contribution < 1.29 is 4.74 Å². The van der Waals surface area contributed by atoms with Crippen LogP contribution >= 0.6 is 11.5 Å². The monoisotopic (exact) mass is 213 g/mol. The summed E-state index contributed by atoms with van der Waals surface area (Å²) in [7, 11) is 1.73. The zero-order valence-electron chi connectivity index (χ0n) is 8.27. The summed E-state index contributed by atoms with van der Waals surface area (Å²) in [5.74, 6) is 0.619. The summed E-state index contributed by atoms with van der Waals surface area (Å²) in [4.78, 5) is 2.34. The lowest BCUT2D eigenvalue weighted by Gasteiger charge is -2.21. The van der Waals surface area contributed by atoms with Crippen LogP contribution in [-0.2, 0) is 4.74 Å². The first kappa shape index (κ1) is 9.73. The zero-order valence-corrected chi connectivity index (χ0v) is 9.09. The van der Waals surface area contributed by atoms with Crippen molar-refractivity contribution in [1.82, 2.24) is 4.37 Å². The van der Waals surface area contributed by atoms with Crippen molar-refractivity contribution >= 4 is 22.4 Å². The molecule has 1 fully saturated rings. The molecule has 1 aromatic heterocycles. The summed E-state index contributed by atoms with van der Waals surface area (Å²) in [5.41, 5.74) is 5.61. The van der Waals surface area contributed by atoms with Crippen LogP contribution in [0.4, 0.5) is 10.8 Å². The molecule has 0 radical (unpaired) electrons. The van der Waals surface area contributed by atoms with Gasteiger partial charge in [0, 0.05) is 25.8 Å².